The van der Waals surface area contributed by atoms with Crippen molar-refractivity contribution in [2.45, 2.75) is 13.3 Å². The highest BCUT2D eigenvalue weighted by Crippen LogP contribution is 2.25. The topological polar surface area (TPSA) is 37.4 Å². The fraction of sp³-hybridized carbons (Fsp3) is 0.333. The summed E-state index contributed by atoms with van der Waals surface area (Å²) in [5, 5.41) is 0.366. The van der Waals surface area contributed by atoms with Crippen molar-refractivity contribution in [2.75, 3.05) is 6.54 Å². The Morgan fingerprint density at radius 3 is 2.82 bits per heavy atom. The quantitative estimate of drug-likeness (QED) is 0.747. The van der Waals surface area contributed by atoms with Gasteiger partial charge in [0.1, 0.15) is 0 Å². The number of imide groups is 1. The van der Waals surface area contributed by atoms with Gasteiger partial charge in [0.25, 0.3) is 5.91 Å². The first-order valence-electron chi connectivity index (χ1n) is 5.29. The molecule has 1 heterocycles. The van der Waals surface area contributed by atoms with Crippen molar-refractivity contribution in [3.63, 3.8) is 0 Å². The minimum Gasteiger partial charge on any atom is -0.278 e. The number of amides is 2. The minimum absolute atomic E-state index is 0.126. The lowest BCUT2D eigenvalue weighted by atomic mass is 10.2. The molecular weight excluding hydrogens is 305 g/mol. The molecule has 1 unspecified atom stereocenters. The number of rotatable bonds is 1. The Bertz CT molecular complexity index is 489. The van der Waals surface area contributed by atoms with E-state index in [0.717, 1.165) is 4.47 Å². The lowest BCUT2D eigenvalue weighted by Crippen LogP contribution is -2.32. The maximum absolute atomic E-state index is 12.2. The van der Waals surface area contributed by atoms with Crippen LogP contribution in [-0.4, -0.2) is 23.3 Å². The highest BCUT2D eigenvalue weighted by molar-refractivity contribution is 9.10. The van der Waals surface area contributed by atoms with Crippen LogP contribution >= 0.6 is 27.5 Å². The Labute approximate surface area is 113 Å². The zero-order valence-electron chi connectivity index (χ0n) is 9.24. The highest BCUT2D eigenvalue weighted by atomic mass is 79.9. The van der Waals surface area contributed by atoms with Crippen LogP contribution in [0.15, 0.2) is 22.7 Å². The van der Waals surface area contributed by atoms with Gasteiger partial charge in [-0.1, -0.05) is 34.5 Å². The molecule has 0 radical (unpaired) electrons. The monoisotopic (exact) mass is 315 g/mol. The third-order valence-corrected chi connectivity index (χ3v) is 3.55. The molecule has 2 amide bonds. The van der Waals surface area contributed by atoms with Crippen LogP contribution in [0, 0.1) is 5.92 Å². The van der Waals surface area contributed by atoms with Crippen molar-refractivity contribution in [2.24, 2.45) is 5.92 Å². The Morgan fingerprint density at radius 1 is 1.53 bits per heavy atom. The van der Waals surface area contributed by atoms with Gasteiger partial charge >= 0.3 is 0 Å². The third-order valence-electron chi connectivity index (χ3n) is 2.72. The average Bonchev–Trinajstić information content (AvgIpc) is 2.60. The van der Waals surface area contributed by atoms with Crippen LogP contribution in [-0.2, 0) is 4.79 Å². The van der Waals surface area contributed by atoms with E-state index in [0.29, 0.717) is 23.6 Å². The smallest absolute Gasteiger partial charge is 0.262 e. The lowest BCUT2D eigenvalue weighted by Gasteiger charge is -2.15. The van der Waals surface area contributed by atoms with Crippen molar-refractivity contribution >= 4 is 39.3 Å². The molecule has 1 aliphatic heterocycles. The van der Waals surface area contributed by atoms with Crippen LogP contribution in [0.1, 0.15) is 23.7 Å². The highest BCUT2D eigenvalue weighted by Gasteiger charge is 2.32. The second-order valence-electron chi connectivity index (χ2n) is 4.24. The summed E-state index contributed by atoms with van der Waals surface area (Å²) in [7, 11) is 0. The molecule has 1 saturated heterocycles. The summed E-state index contributed by atoms with van der Waals surface area (Å²) in [4.78, 5) is 25.1. The molecule has 0 aromatic heterocycles. The summed E-state index contributed by atoms with van der Waals surface area (Å²) in [5.74, 6) is -0.221. The number of hydrogen-bond acceptors (Lipinski definition) is 2. The number of carbonyl (C=O) groups excluding carboxylic acids is 2. The Balaban J connectivity index is 2.31. The van der Waals surface area contributed by atoms with Crippen LogP contribution in [0.3, 0.4) is 0 Å². The Kier molecular flexibility index (Phi) is 3.54. The third kappa shape index (κ3) is 2.53. The molecular formula is C12H11BrClNO2. The summed E-state index contributed by atoms with van der Waals surface area (Å²) >= 11 is 9.26. The van der Waals surface area contributed by atoms with E-state index in [9.17, 15) is 9.59 Å². The number of halogens is 2. The van der Waals surface area contributed by atoms with E-state index in [2.05, 4.69) is 15.9 Å². The van der Waals surface area contributed by atoms with Gasteiger partial charge in [-0.3, -0.25) is 14.5 Å². The first kappa shape index (κ1) is 12.6. The van der Waals surface area contributed by atoms with Gasteiger partial charge in [-0.05, 0) is 24.1 Å². The Morgan fingerprint density at radius 2 is 2.24 bits per heavy atom. The average molecular weight is 317 g/mol. The van der Waals surface area contributed by atoms with Gasteiger partial charge in [-0.25, -0.2) is 0 Å². The molecule has 17 heavy (non-hydrogen) atoms. The molecule has 0 aliphatic carbocycles. The summed E-state index contributed by atoms with van der Waals surface area (Å²) < 4.78 is 0.768. The molecule has 0 spiro atoms. The second kappa shape index (κ2) is 4.78. The molecule has 1 aromatic rings. The van der Waals surface area contributed by atoms with Gasteiger partial charge in [0.05, 0.1) is 10.6 Å². The first-order valence-corrected chi connectivity index (χ1v) is 6.46. The van der Waals surface area contributed by atoms with Crippen LogP contribution in [0.5, 0.6) is 0 Å². The van der Waals surface area contributed by atoms with Gasteiger partial charge < -0.3 is 0 Å². The molecule has 1 aromatic carbocycles. The van der Waals surface area contributed by atoms with E-state index in [1.807, 2.05) is 6.92 Å². The van der Waals surface area contributed by atoms with E-state index in [4.69, 9.17) is 11.6 Å². The standard InChI is InChI=1S/C12H11BrClNO2/c1-7-4-11(16)15(6-7)12(17)9-5-8(13)2-3-10(9)14/h2-3,5,7H,4,6H2,1H3. The van der Waals surface area contributed by atoms with Crippen molar-refractivity contribution < 1.29 is 9.59 Å². The second-order valence-corrected chi connectivity index (χ2v) is 5.57. The predicted octanol–water partition coefficient (Wildman–Crippen LogP) is 3.11. The SMILES string of the molecule is CC1CC(=O)N(C(=O)c2cc(Br)ccc2Cl)C1. The number of nitrogens with zero attached hydrogens (tertiary/aromatic N) is 1. The van der Waals surface area contributed by atoms with Crippen molar-refractivity contribution in [1.82, 2.24) is 4.90 Å². The number of benzene rings is 1. The molecule has 90 valence electrons. The maximum atomic E-state index is 12.2. The van der Waals surface area contributed by atoms with Gasteiger partial charge in [0.2, 0.25) is 5.91 Å². The fourth-order valence-corrected chi connectivity index (χ4v) is 2.45. The number of likely N-dealkylation sites (tertiary alicyclic amines) is 1. The summed E-state index contributed by atoms with van der Waals surface area (Å²) in [5.41, 5.74) is 0.364. The van der Waals surface area contributed by atoms with E-state index in [1.54, 1.807) is 18.2 Å². The molecule has 0 bridgehead atoms. The summed E-state index contributed by atoms with van der Waals surface area (Å²) in [6, 6.07) is 5.04. The molecule has 1 fully saturated rings. The number of hydrogen-bond donors (Lipinski definition) is 0. The largest absolute Gasteiger partial charge is 0.278 e. The van der Waals surface area contributed by atoms with Crippen LogP contribution < -0.4 is 0 Å². The van der Waals surface area contributed by atoms with Crippen LogP contribution in [0.25, 0.3) is 0 Å². The van der Waals surface area contributed by atoms with E-state index < -0.39 is 0 Å². The number of carbonyl (C=O) groups is 2. The predicted molar refractivity (Wildman–Crippen MR) is 69.0 cm³/mol. The summed E-state index contributed by atoms with van der Waals surface area (Å²) in [6.07, 6.45) is 0.428. The van der Waals surface area contributed by atoms with Gasteiger partial charge in [-0.2, -0.15) is 0 Å². The minimum atomic E-state index is -0.314. The molecule has 0 N–H and O–H groups in total. The fourth-order valence-electron chi connectivity index (χ4n) is 1.89. The molecule has 0 saturated carbocycles. The van der Waals surface area contributed by atoms with Gasteiger partial charge in [-0.15, -0.1) is 0 Å². The van der Waals surface area contributed by atoms with Crippen molar-refractivity contribution in [3.05, 3.63) is 33.3 Å². The van der Waals surface area contributed by atoms with Gasteiger partial charge in [0, 0.05) is 17.4 Å². The van der Waals surface area contributed by atoms with E-state index >= 15 is 0 Å². The van der Waals surface area contributed by atoms with Crippen molar-refractivity contribution in [3.8, 4) is 0 Å². The zero-order valence-corrected chi connectivity index (χ0v) is 11.6. The van der Waals surface area contributed by atoms with Crippen molar-refractivity contribution in [1.29, 1.82) is 0 Å². The van der Waals surface area contributed by atoms with E-state index in [1.165, 1.54) is 4.90 Å². The van der Waals surface area contributed by atoms with Gasteiger partial charge in [0.15, 0.2) is 0 Å². The summed E-state index contributed by atoms with van der Waals surface area (Å²) in [6.45, 7) is 2.42. The molecule has 1 aliphatic rings. The molecule has 2 rings (SSSR count). The Hall–Kier alpha value is -0.870. The van der Waals surface area contributed by atoms with Crippen LogP contribution in [0.2, 0.25) is 5.02 Å². The molecule has 5 heteroatoms. The molecule has 3 nitrogen and oxygen atoms in total. The normalized spacial score (nSPS) is 19.8. The maximum Gasteiger partial charge on any atom is 0.262 e. The lowest BCUT2D eigenvalue weighted by molar-refractivity contribution is -0.125. The van der Waals surface area contributed by atoms with E-state index in [-0.39, 0.29) is 17.7 Å². The molecule has 1 atom stereocenters. The zero-order chi connectivity index (χ0) is 12.6. The van der Waals surface area contributed by atoms with Crippen LogP contribution in [0.4, 0.5) is 0 Å². The first-order chi connectivity index (χ1) is 7.99.